The van der Waals surface area contributed by atoms with Gasteiger partial charge in [-0.25, -0.2) is 0 Å². The van der Waals surface area contributed by atoms with E-state index < -0.39 is 15.8 Å². The highest BCUT2D eigenvalue weighted by Crippen LogP contribution is 2.31. The summed E-state index contributed by atoms with van der Waals surface area (Å²) in [6.45, 7) is 1.85. The van der Waals surface area contributed by atoms with Gasteiger partial charge >= 0.3 is 0 Å². The second kappa shape index (κ2) is 5.87. The molecule has 0 aliphatic carbocycles. The second-order valence-electron chi connectivity index (χ2n) is 3.56. The van der Waals surface area contributed by atoms with Gasteiger partial charge in [0.25, 0.3) is 0 Å². The number of aryl methyl sites for hydroxylation is 1. The molecule has 0 saturated heterocycles. The predicted molar refractivity (Wildman–Crippen MR) is 68.5 cm³/mol. The largest absolute Gasteiger partial charge is 0.388 e. The van der Waals surface area contributed by atoms with Gasteiger partial charge in [0.15, 0.2) is 0 Å². The molecule has 0 unspecified atom stereocenters. The Kier molecular flexibility index (Phi) is 5.01. The van der Waals surface area contributed by atoms with E-state index in [4.69, 9.17) is 34.8 Å². The molecule has 1 atom stereocenters. The van der Waals surface area contributed by atoms with Gasteiger partial charge in [0.1, 0.15) is 6.10 Å². The van der Waals surface area contributed by atoms with Crippen molar-refractivity contribution in [3.8, 4) is 0 Å². The summed E-state index contributed by atoms with van der Waals surface area (Å²) in [6, 6.07) is 1.74. The van der Waals surface area contributed by atoms with E-state index in [2.05, 4.69) is 10.3 Å². The third kappa shape index (κ3) is 5.08. The van der Waals surface area contributed by atoms with E-state index in [9.17, 15) is 9.90 Å². The summed E-state index contributed by atoms with van der Waals surface area (Å²) in [6.07, 6.45) is 1.49. The Morgan fingerprint density at radius 2 is 2.18 bits per heavy atom. The van der Waals surface area contributed by atoms with E-state index in [0.29, 0.717) is 5.69 Å². The lowest BCUT2D eigenvalue weighted by Crippen LogP contribution is -2.30. The van der Waals surface area contributed by atoms with Crippen molar-refractivity contribution in [1.82, 2.24) is 4.98 Å². The maximum atomic E-state index is 11.5. The fourth-order valence-corrected chi connectivity index (χ4v) is 1.36. The molecule has 0 saturated carbocycles. The number of hydrogen-bond donors (Lipinski definition) is 2. The summed E-state index contributed by atoms with van der Waals surface area (Å²) in [5.74, 6) is -0.448. The first-order valence-corrected chi connectivity index (χ1v) is 5.88. The van der Waals surface area contributed by atoms with Crippen molar-refractivity contribution in [3.05, 3.63) is 24.0 Å². The average Bonchev–Trinajstić information content (AvgIpc) is 2.15. The van der Waals surface area contributed by atoms with Crippen molar-refractivity contribution in [2.24, 2.45) is 0 Å². The van der Waals surface area contributed by atoms with E-state index in [1.807, 2.05) is 6.92 Å². The number of aliphatic hydroxyl groups excluding tert-OH is 1. The van der Waals surface area contributed by atoms with Crippen molar-refractivity contribution in [2.75, 3.05) is 5.32 Å². The molecule has 1 heterocycles. The molecule has 2 N–H and O–H groups in total. The van der Waals surface area contributed by atoms with Crippen LogP contribution >= 0.6 is 34.8 Å². The van der Waals surface area contributed by atoms with Gasteiger partial charge < -0.3 is 10.4 Å². The van der Waals surface area contributed by atoms with Crippen molar-refractivity contribution >= 4 is 46.4 Å². The summed E-state index contributed by atoms with van der Waals surface area (Å²) >= 11 is 16.3. The number of aliphatic hydroxyl groups is 1. The van der Waals surface area contributed by atoms with E-state index in [1.165, 1.54) is 6.20 Å². The lowest BCUT2D eigenvalue weighted by molar-refractivity contribution is -0.117. The van der Waals surface area contributed by atoms with Crippen LogP contribution in [0.25, 0.3) is 0 Å². The summed E-state index contributed by atoms with van der Waals surface area (Å²) in [7, 11) is 0. The number of nitrogens with one attached hydrogen (secondary N) is 1. The summed E-state index contributed by atoms with van der Waals surface area (Å²) in [4.78, 5) is 15.4. The highest BCUT2D eigenvalue weighted by atomic mass is 35.6. The Bertz CT molecular complexity index is 407. The molecule has 0 spiro atoms. The lowest BCUT2D eigenvalue weighted by Gasteiger charge is -2.18. The van der Waals surface area contributed by atoms with Crippen LogP contribution in [0.3, 0.4) is 0 Å². The molecule has 1 aromatic rings. The molecule has 0 aliphatic heterocycles. The third-order valence-electron chi connectivity index (χ3n) is 1.92. The normalized spacial score (nSPS) is 13.2. The zero-order valence-electron chi connectivity index (χ0n) is 8.95. The number of aromatic nitrogens is 1. The van der Waals surface area contributed by atoms with Gasteiger partial charge in [0.05, 0.1) is 18.3 Å². The smallest absolute Gasteiger partial charge is 0.227 e. The zero-order valence-corrected chi connectivity index (χ0v) is 11.2. The lowest BCUT2D eigenvalue weighted by atomic mass is 10.2. The van der Waals surface area contributed by atoms with E-state index in [0.717, 1.165) is 5.56 Å². The van der Waals surface area contributed by atoms with Gasteiger partial charge in [-0.1, -0.05) is 34.8 Å². The number of rotatable bonds is 3. The number of carbonyl (C=O) groups excluding carboxylic acids is 1. The Hall–Kier alpha value is -0.550. The standard InChI is InChI=1S/C10H11Cl3N2O2/c1-6-2-7(5-14-4-6)15-9(17)3-8(16)10(11,12)13/h2,4-5,8,16H,3H2,1H3,(H,15,17)/t8-/m0/s1. The molecule has 0 aromatic carbocycles. The third-order valence-corrected chi connectivity index (χ3v) is 2.67. The molecular formula is C10H11Cl3N2O2. The van der Waals surface area contributed by atoms with Gasteiger partial charge in [0.2, 0.25) is 9.70 Å². The number of nitrogens with zero attached hydrogens (tertiary/aromatic N) is 1. The molecule has 94 valence electrons. The quantitative estimate of drug-likeness (QED) is 0.842. The van der Waals surface area contributed by atoms with Crippen molar-refractivity contribution in [3.63, 3.8) is 0 Å². The first kappa shape index (κ1) is 14.5. The van der Waals surface area contributed by atoms with Crippen LogP contribution in [0.1, 0.15) is 12.0 Å². The molecule has 0 aliphatic rings. The van der Waals surface area contributed by atoms with Crippen LogP contribution in [0.2, 0.25) is 0 Å². The van der Waals surface area contributed by atoms with Gasteiger partial charge in [-0.05, 0) is 18.6 Å². The van der Waals surface area contributed by atoms with E-state index in [-0.39, 0.29) is 6.42 Å². The van der Waals surface area contributed by atoms with E-state index >= 15 is 0 Å². The van der Waals surface area contributed by atoms with Gasteiger partial charge in [0, 0.05) is 6.20 Å². The topological polar surface area (TPSA) is 62.2 Å². The molecule has 1 rings (SSSR count). The van der Waals surface area contributed by atoms with Crippen LogP contribution in [-0.4, -0.2) is 25.9 Å². The van der Waals surface area contributed by atoms with E-state index in [1.54, 1.807) is 12.3 Å². The zero-order chi connectivity index (χ0) is 13.1. The maximum absolute atomic E-state index is 11.5. The van der Waals surface area contributed by atoms with Crippen LogP contribution < -0.4 is 5.32 Å². The molecule has 1 aromatic heterocycles. The molecule has 17 heavy (non-hydrogen) atoms. The minimum atomic E-state index is -1.87. The highest BCUT2D eigenvalue weighted by molar-refractivity contribution is 6.68. The number of carbonyl (C=O) groups is 1. The number of alkyl halides is 3. The number of hydrogen-bond acceptors (Lipinski definition) is 3. The summed E-state index contributed by atoms with van der Waals surface area (Å²) < 4.78 is -1.87. The van der Waals surface area contributed by atoms with Gasteiger partial charge in [-0.3, -0.25) is 9.78 Å². The van der Waals surface area contributed by atoms with Crippen LogP contribution in [0.15, 0.2) is 18.5 Å². The molecular weight excluding hydrogens is 286 g/mol. The van der Waals surface area contributed by atoms with Crippen LogP contribution in [0, 0.1) is 6.92 Å². The first-order chi connectivity index (χ1) is 7.79. The van der Waals surface area contributed by atoms with Crippen molar-refractivity contribution in [1.29, 1.82) is 0 Å². The highest BCUT2D eigenvalue weighted by Gasteiger charge is 2.32. The minimum absolute atomic E-state index is 0.301. The average molecular weight is 298 g/mol. The predicted octanol–water partition coefficient (Wildman–Crippen LogP) is 2.45. The number of halogens is 3. The Morgan fingerprint density at radius 3 is 2.71 bits per heavy atom. The summed E-state index contributed by atoms with van der Waals surface area (Å²) in [5, 5.41) is 12.0. The van der Waals surface area contributed by atoms with Crippen molar-refractivity contribution < 1.29 is 9.90 Å². The number of anilines is 1. The fourth-order valence-electron chi connectivity index (χ4n) is 1.13. The fraction of sp³-hybridized carbons (Fsp3) is 0.400. The number of amides is 1. The molecule has 0 radical (unpaired) electrons. The van der Waals surface area contributed by atoms with Crippen LogP contribution in [-0.2, 0) is 4.79 Å². The van der Waals surface area contributed by atoms with Gasteiger partial charge in [-0.2, -0.15) is 0 Å². The number of pyridine rings is 1. The Balaban J connectivity index is 2.56. The second-order valence-corrected chi connectivity index (χ2v) is 5.93. The monoisotopic (exact) mass is 296 g/mol. The van der Waals surface area contributed by atoms with Crippen LogP contribution in [0.5, 0.6) is 0 Å². The first-order valence-electron chi connectivity index (χ1n) is 4.75. The summed E-state index contributed by atoms with van der Waals surface area (Å²) in [5.41, 5.74) is 1.44. The Labute approximate surface area is 114 Å². The van der Waals surface area contributed by atoms with Crippen LogP contribution in [0.4, 0.5) is 5.69 Å². The molecule has 7 heteroatoms. The molecule has 0 bridgehead atoms. The Morgan fingerprint density at radius 1 is 1.53 bits per heavy atom. The maximum Gasteiger partial charge on any atom is 0.227 e. The van der Waals surface area contributed by atoms with Crippen molar-refractivity contribution in [2.45, 2.75) is 23.2 Å². The van der Waals surface area contributed by atoms with Gasteiger partial charge in [-0.15, -0.1) is 0 Å². The molecule has 0 fully saturated rings. The SMILES string of the molecule is Cc1cncc(NC(=O)C[C@H](O)C(Cl)(Cl)Cl)c1. The molecule has 4 nitrogen and oxygen atoms in total. The minimum Gasteiger partial charge on any atom is -0.388 e. The molecule has 1 amide bonds.